The average Bonchev–Trinajstić information content (AvgIpc) is 2.23. The third kappa shape index (κ3) is 2.80. The van der Waals surface area contributed by atoms with Crippen molar-refractivity contribution >= 4 is 0 Å². The van der Waals surface area contributed by atoms with E-state index in [1.807, 2.05) is 30.3 Å². The number of benzene rings is 1. The topological polar surface area (TPSA) is 32.3 Å². The van der Waals surface area contributed by atoms with E-state index in [-0.39, 0.29) is 6.10 Å². The summed E-state index contributed by atoms with van der Waals surface area (Å²) >= 11 is 0. The van der Waals surface area contributed by atoms with Crippen LogP contribution in [0.5, 0.6) is 0 Å². The van der Waals surface area contributed by atoms with Crippen LogP contribution in [0.3, 0.4) is 0 Å². The van der Waals surface area contributed by atoms with Crippen LogP contribution in [0, 0.1) is 5.92 Å². The van der Waals surface area contributed by atoms with Gasteiger partial charge in [-0.25, -0.2) is 0 Å². The molecule has 1 aromatic rings. The van der Waals surface area contributed by atoms with Crippen LogP contribution in [-0.2, 0) is 0 Å². The number of nitrogens with one attached hydrogen (secondary N) is 1. The minimum absolute atomic E-state index is 0.373. The van der Waals surface area contributed by atoms with Crippen LogP contribution >= 0.6 is 0 Å². The summed E-state index contributed by atoms with van der Waals surface area (Å²) in [5.41, 5.74) is 0.998. The summed E-state index contributed by atoms with van der Waals surface area (Å²) in [6.45, 7) is 2.94. The van der Waals surface area contributed by atoms with Crippen LogP contribution in [0.4, 0.5) is 0 Å². The van der Waals surface area contributed by atoms with Gasteiger partial charge in [-0.1, -0.05) is 37.3 Å². The zero-order valence-electron chi connectivity index (χ0n) is 9.19. The van der Waals surface area contributed by atoms with Gasteiger partial charge in [0.2, 0.25) is 0 Å². The number of aliphatic hydroxyl groups excluding tert-OH is 1. The second-order valence-corrected chi connectivity index (χ2v) is 4.61. The van der Waals surface area contributed by atoms with Gasteiger partial charge in [0.15, 0.2) is 0 Å². The summed E-state index contributed by atoms with van der Waals surface area (Å²) in [6, 6.07) is 10.5. The molecule has 0 spiro atoms. The largest absolute Gasteiger partial charge is 0.387 e. The number of hydrogen-bond acceptors (Lipinski definition) is 2. The lowest BCUT2D eigenvalue weighted by Gasteiger charge is -2.34. The van der Waals surface area contributed by atoms with Gasteiger partial charge >= 0.3 is 0 Å². The average molecular weight is 205 g/mol. The van der Waals surface area contributed by atoms with Crippen molar-refractivity contribution in [3.63, 3.8) is 0 Å². The van der Waals surface area contributed by atoms with E-state index in [1.165, 1.54) is 12.8 Å². The lowest BCUT2D eigenvalue weighted by molar-refractivity contribution is 0.150. The summed E-state index contributed by atoms with van der Waals surface area (Å²) < 4.78 is 0. The SMILES string of the molecule is CC1CC(NC[C@H](O)c2ccccc2)C1. The van der Waals surface area contributed by atoms with E-state index in [2.05, 4.69) is 12.2 Å². The molecule has 1 aliphatic rings. The summed E-state index contributed by atoms with van der Waals surface area (Å²) in [4.78, 5) is 0. The lowest BCUT2D eigenvalue weighted by atomic mass is 9.82. The number of aliphatic hydroxyl groups is 1. The normalized spacial score (nSPS) is 27.1. The fourth-order valence-electron chi connectivity index (χ4n) is 2.14. The van der Waals surface area contributed by atoms with E-state index >= 15 is 0 Å². The molecule has 1 aromatic carbocycles. The van der Waals surface area contributed by atoms with E-state index in [0.717, 1.165) is 11.5 Å². The Morgan fingerprint density at radius 1 is 1.33 bits per heavy atom. The molecule has 0 radical (unpaired) electrons. The second kappa shape index (κ2) is 4.77. The van der Waals surface area contributed by atoms with E-state index < -0.39 is 0 Å². The Morgan fingerprint density at radius 3 is 2.60 bits per heavy atom. The highest BCUT2D eigenvalue weighted by Crippen LogP contribution is 2.26. The maximum Gasteiger partial charge on any atom is 0.0914 e. The van der Waals surface area contributed by atoms with Crippen LogP contribution in [0.25, 0.3) is 0 Å². The van der Waals surface area contributed by atoms with Crippen molar-refractivity contribution in [2.24, 2.45) is 5.92 Å². The summed E-state index contributed by atoms with van der Waals surface area (Å²) in [6.07, 6.45) is 2.13. The van der Waals surface area contributed by atoms with Crippen molar-refractivity contribution in [3.05, 3.63) is 35.9 Å². The molecule has 2 heteroatoms. The van der Waals surface area contributed by atoms with Crippen molar-refractivity contribution in [3.8, 4) is 0 Å². The zero-order chi connectivity index (χ0) is 10.7. The third-order valence-electron chi connectivity index (χ3n) is 3.16. The van der Waals surface area contributed by atoms with Gasteiger partial charge in [-0.15, -0.1) is 0 Å². The van der Waals surface area contributed by atoms with Gasteiger partial charge < -0.3 is 10.4 Å². The fraction of sp³-hybridized carbons (Fsp3) is 0.538. The second-order valence-electron chi connectivity index (χ2n) is 4.61. The molecule has 1 aliphatic carbocycles. The van der Waals surface area contributed by atoms with E-state index in [1.54, 1.807) is 0 Å². The predicted octanol–water partition coefficient (Wildman–Crippen LogP) is 2.11. The smallest absolute Gasteiger partial charge is 0.0914 e. The highest BCUT2D eigenvalue weighted by molar-refractivity contribution is 5.17. The van der Waals surface area contributed by atoms with Crippen molar-refractivity contribution in [2.45, 2.75) is 31.9 Å². The minimum atomic E-state index is -0.373. The van der Waals surface area contributed by atoms with Crippen molar-refractivity contribution < 1.29 is 5.11 Å². The minimum Gasteiger partial charge on any atom is -0.387 e. The molecule has 82 valence electrons. The molecule has 0 saturated heterocycles. The zero-order valence-corrected chi connectivity index (χ0v) is 9.19. The van der Waals surface area contributed by atoms with Crippen LogP contribution < -0.4 is 5.32 Å². The maximum absolute atomic E-state index is 9.89. The molecule has 0 bridgehead atoms. The first kappa shape index (κ1) is 10.7. The van der Waals surface area contributed by atoms with Gasteiger partial charge in [-0.3, -0.25) is 0 Å². The fourth-order valence-corrected chi connectivity index (χ4v) is 2.14. The van der Waals surface area contributed by atoms with E-state index in [4.69, 9.17) is 0 Å². The Hall–Kier alpha value is -0.860. The van der Waals surface area contributed by atoms with Crippen LogP contribution in [0.15, 0.2) is 30.3 Å². The highest BCUT2D eigenvalue weighted by atomic mass is 16.3. The molecule has 0 heterocycles. The maximum atomic E-state index is 9.89. The Morgan fingerprint density at radius 2 is 2.00 bits per heavy atom. The molecule has 2 rings (SSSR count). The molecule has 2 N–H and O–H groups in total. The molecule has 1 saturated carbocycles. The van der Waals surface area contributed by atoms with Gasteiger partial charge in [-0.05, 0) is 24.3 Å². The molecular weight excluding hydrogens is 186 g/mol. The highest BCUT2D eigenvalue weighted by Gasteiger charge is 2.25. The number of rotatable bonds is 4. The molecule has 2 nitrogen and oxygen atoms in total. The first-order valence-corrected chi connectivity index (χ1v) is 5.72. The Bertz CT molecular complexity index is 293. The number of hydrogen-bond donors (Lipinski definition) is 2. The van der Waals surface area contributed by atoms with Gasteiger partial charge in [0.1, 0.15) is 0 Å². The molecule has 1 atom stereocenters. The van der Waals surface area contributed by atoms with E-state index in [9.17, 15) is 5.11 Å². The molecule has 0 amide bonds. The first-order valence-electron chi connectivity index (χ1n) is 5.72. The van der Waals surface area contributed by atoms with Crippen molar-refractivity contribution in [1.82, 2.24) is 5.32 Å². The van der Waals surface area contributed by atoms with Gasteiger partial charge in [0, 0.05) is 12.6 Å². The monoisotopic (exact) mass is 205 g/mol. The first-order chi connectivity index (χ1) is 7.25. The van der Waals surface area contributed by atoms with Gasteiger partial charge in [0.05, 0.1) is 6.10 Å². The van der Waals surface area contributed by atoms with E-state index in [0.29, 0.717) is 12.6 Å². The standard InChI is InChI=1S/C13H19NO/c1-10-7-12(8-10)14-9-13(15)11-5-3-2-4-6-11/h2-6,10,12-15H,7-9H2,1H3/t10?,12?,13-/m0/s1. The third-order valence-corrected chi connectivity index (χ3v) is 3.16. The summed E-state index contributed by atoms with van der Waals surface area (Å²) in [5, 5.41) is 13.3. The predicted molar refractivity (Wildman–Crippen MR) is 61.6 cm³/mol. The lowest BCUT2D eigenvalue weighted by Crippen LogP contribution is -2.41. The molecular formula is C13H19NO. The van der Waals surface area contributed by atoms with Crippen LogP contribution in [0.2, 0.25) is 0 Å². The molecule has 15 heavy (non-hydrogen) atoms. The van der Waals surface area contributed by atoms with Crippen molar-refractivity contribution in [2.75, 3.05) is 6.54 Å². The molecule has 0 unspecified atom stereocenters. The molecule has 0 aromatic heterocycles. The van der Waals surface area contributed by atoms with Crippen LogP contribution in [-0.4, -0.2) is 17.7 Å². The molecule has 0 aliphatic heterocycles. The Kier molecular flexibility index (Phi) is 3.39. The summed E-state index contributed by atoms with van der Waals surface area (Å²) in [5.74, 6) is 0.858. The quantitative estimate of drug-likeness (QED) is 0.789. The van der Waals surface area contributed by atoms with Crippen LogP contribution in [0.1, 0.15) is 31.4 Å². The van der Waals surface area contributed by atoms with Gasteiger partial charge in [0.25, 0.3) is 0 Å². The van der Waals surface area contributed by atoms with Crippen molar-refractivity contribution in [1.29, 1.82) is 0 Å². The van der Waals surface area contributed by atoms with Gasteiger partial charge in [-0.2, -0.15) is 0 Å². The summed E-state index contributed by atoms with van der Waals surface area (Å²) in [7, 11) is 0. The Labute approximate surface area is 91.3 Å². The molecule has 1 fully saturated rings. The Balaban J connectivity index is 1.75.